The van der Waals surface area contributed by atoms with E-state index in [-0.39, 0.29) is 18.0 Å². The van der Waals surface area contributed by atoms with Crippen LogP contribution in [0.2, 0.25) is 0 Å². The Kier molecular flexibility index (Phi) is 5.96. The molecule has 0 amide bonds. The number of benzene rings is 2. The van der Waals surface area contributed by atoms with Crippen molar-refractivity contribution in [2.75, 3.05) is 26.7 Å². The van der Waals surface area contributed by atoms with Crippen LogP contribution >= 0.6 is 0 Å². The van der Waals surface area contributed by atoms with Gasteiger partial charge in [0.2, 0.25) is 0 Å². The molecule has 0 N–H and O–H groups in total. The van der Waals surface area contributed by atoms with Crippen LogP contribution in [0.4, 0.5) is 0 Å². The van der Waals surface area contributed by atoms with E-state index in [1.807, 2.05) is 54.6 Å². The number of hydrogen-bond acceptors (Lipinski definition) is 4. The molecule has 28 heavy (non-hydrogen) atoms. The van der Waals surface area contributed by atoms with Gasteiger partial charge in [-0.1, -0.05) is 42.5 Å². The summed E-state index contributed by atoms with van der Waals surface area (Å²) in [6.07, 6.45) is 4.04. The third kappa shape index (κ3) is 4.39. The van der Waals surface area contributed by atoms with Gasteiger partial charge in [0.05, 0.1) is 13.0 Å². The molecule has 2 aromatic carbocycles. The smallest absolute Gasteiger partial charge is 0.314 e. The van der Waals surface area contributed by atoms with Gasteiger partial charge in [0.15, 0.2) is 0 Å². The maximum Gasteiger partial charge on any atom is 0.314 e. The third-order valence-electron chi connectivity index (χ3n) is 6.15. The molecule has 2 aromatic rings. The summed E-state index contributed by atoms with van der Waals surface area (Å²) in [5.74, 6) is 0.942. The lowest BCUT2D eigenvalue weighted by Crippen LogP contribution is -2.48. The molecule has 2 aliphatic heterocycles. The molecule has 4 atom stereocenters. The van der Waals surface area contributed by atoms with Crippen molar-refractivity contribution in [1.29, 1.82) is 0 Å². The maximum absolute atomic E-state index is 13.2. The Morgan fingerprint density at radius 3 is 2.61 bits per heavy atom. The van der Waals surface area contributed by atoms with Gasteiger partial charge in [-0.3, -0.25) is 4.79 Å². The molecular formula is C24H29NO3. The molecular weight excluding hydrogens is 350 g/mol. The van der Waals surface area contributed by atoms with Crippen molar-refractivity contribution in [3.05, 3.63) is 65.7 Å². The number of piperidine rings is 2. The lowest BCUT2D eigenvalue weighted by atomic mass is 9.86. The van der Waals surface area contributed by atoms with Crippen LogP contribution in [-0.2, 0) is 16.0 Å². The average Bonchev–Trinajstić information content (AvgIpc) is 2.75. The molecule has 4 heteroatoms. The largest absolute Gasteiger partial charge is 0.497 e. The predicted molar refractivity (Wildman–Crippen MR) is 110 cm³/mol. The van der Waals surface area contributed by atoms with E-state index >= 15 is 0 Å². The molecule has 0 radical (unpaired) electrons. The molecule has 0 saturated carbocycles. The topological polar surface area (TPSA) is 38.8 Å². The zero-order chi connectivity index (χ0) is 19.3. The van der Waals surface area contributed by atoms with Crippen molar-refractivity contribution in [3.8, 4) is 5.75 Å². The number of fused-ring (bicyclic) bond motifs is 2. The fraction of sp³-hybridized carbons (Fsp3) is 0.458. The number of hydrogen-bond donors (Lipinski definition) is 0. The van der Waals surface area contributed by atoms with Crippen LogP contribution in [0.25, 0.3) is 0 Å². The van der Waals surface area contributed by atoms with Crippen LogP contribution in [-0.4, -0.2) is 43.7 Å². The normalized spacial score (nSPS) is 25.0. The molecule has 4 rings (SSSR count). The standard InChI is InChI=1S/C24H29NO3/c1-27-21-11-9-18(10-12-21)16-22(19-6-3-2-4-7-19)24(26)28-23-13-15-25-14-5-8-20(23)17-25/h2-4,6-7,9-12,20,22-23H,5,8,13-17H2,1H3. The Labute approximate surface area is 167 Å². The molecule has 2 bridgehead atoms. The number of ether oxygens (including phenoxy) is 2. The molecule has 148 valence electrons. The SMILES string of the molecule is COc1ccc(CC(C(=O)OC2CCN3CCCC2C3)c2ccccc2)cc1. The van der Waals surface area contributed by atoms with Gasteiger partial charge < -0.3 is 14.4 Å². The molecule has 4 unspecified atom stereocenters. The van der Waals surface area contributed by atoms with Crippen LogP contribution in [0.3, 0.4) is 0 Å². The van der Waals surface area contributed by atoms with Crippen molar-refractivity contribution in [3.63, 3.8) is 0 Å². The van der Waals surface area contributed by atoms with E-state index in [9.17, 15) is 4.79 Å². The summed E-state index contributed by atoms with van der Waals surface area (Å²) in [6.45, 7) is 3.32. The maximum atomic E-state index is 13.2. The van der Waals surface area contributed by atoms with Crippen LogP contribution < -0.4 is 4.74 Å². The molecule has 0 aliphatic carbocycles. The highest BCUT2D eigenvalue weighted by molar-refractivity contribution is 5.78. The number of carbonyl (C=O) groups excluding carboxylic acids is 1. The van der Waals surface area contributed by atoms with E-state index in [1.165, 1.54) is 19.4 Å². The van der Waals surface area contributed by atoms with E-state index in [2.05, 4.69) is 4.90 Å². The summed E-state index contributed by atoms with van der Waals surface area (Å²) >= 11 is 0. The number of carbonyl (C=O) groups is 1. The van der Waals surface area contributed by atoms with Gasteiger partial charge in [-0.25, -0.2) is 0 Å². The third-order valence-corrected chi connectivity index (χ3v) is 6.15. The van der Waals surface area contributed by atoms with Crippen LogP contribution in [0.5, 0.6) is 5.75 Å². The van der Waals surface area contributed by atoms with E-state index < -0.39 is 0 Å². The average molecular weight is 380 g/mol. The van der Waals surface area contributed by atoms with E-state index in [0.29, 0.717) is 12.3 Å². The van der Waals surface area contributed by atoms with Crippen LogP contribution in [0.15, 0.2) is 54.6 Å². The number of esters is 1. The number of methoxy groups -OCH3 is 1. The fourth-order valence-corrected chi connectivity index (χ4v) is 4.55. The second-order valence-electron chi connectivity index (χ2n) is 7.98. The van der Waals surface area contributed by atoms with Crippen molar-refractivity contribution in [2.45, 2.75) is 37.7 Å². The minimum absolute atomic E-state index is 0.0612. The zero-order valence-electron chi connectivity index (χ0n) is 16.5. The highest BCUT2D eigenvalue weighted by atomic mass is 16.5. The molecule has 2 fully saturated rings. The summed E-state index contributed by atoms with van der Waals surface area (Å²) in [5.41, 5.74) is 2.13. The quantitative estimate of drug-likeness (QED) is 0.710. The van der Waals surface area contributed by atoms with Gasteiger partial charge in [0.25, 0.3) is 0 Å². The summed E-state index contributed by atoms with van der Waals surface area (Å²) in [6, 6.07) is 18.0. The van der Waals surface area contributed by atoms with Gasteiger partial charge in [0.1, 0.15) is 11.9 Å². The molecule has 4 nitrogen and oxygen atoms in total. The zero-order valence-corrected chi connectivity index (χ0v) is 16.5. The van der Waals surface area contributed by atoms with Gasteiger partial charge in [-0.05, 0) is 55.5 Å². The first kappa shape index (κ1) is 19.0. The first-order valence-corrected chi connectivity index (χ1v) is 10.3. The van der Waals surface area contributed by atoms with Gasteiger partial charge in [-0.15, -0.1) is 0 Å². The number of nitrogens with zero attached hydrogens (tertiary/aromatic N) is 1. The van der Waals surface area contributed by atoms with E-state index in [0.717, 1.165) is 36.4 Å². The van der Waals surface area contributed by atoms with Gasteiger partial charge >= 0.3 is 5.97 Å². The van der Waals surface area contributed by atoms with Crippen molar-refractivity contribution >= 4 is 5.97 Å². The van der Waals surface area contributed by atoms with Crippen molar-refractivity contribution in [1.82, 2.24) is 4.90 Å². The highest BCUT2D eigenvalue weighted by Crippen LogP contribution is 2.31. The summed E-state index contributed by atoms with van der Waals surface area (Å²) < 4.78 is 11.4. The lowest BCUT2D eigenvalue weighted by molar-refractivity contribution is -0.158. The van der Waals surface area contributed by atoms with Crippen LogP contribution in [0, 0.1) is 5.92 Å². The molecule has 2 heterocycles. The second kappa shape index (κ2) is 8.78. The Balaban J connectivity index is 1.50. The Morgan fingerprint density at radius 1 is 1.07 bits per heavy atom. The Bertz CT molecular complexity index is 774. The minimum Gasteiger partial charge on any atom is -0.497 e. The fourth-order valence-electron chi connectivity index (χ4n) is 4.55. The molecule has 0 aromatic heterocycles. The second-order valence-corrected chi connectivity index (χ2v) is 7.98. The van der Waals surface area contributed by atoms with E-state index in [1.54, 1.807) is 7.11 Å². The lowest BCUT2D eigenvalue weighted by Gasteiger charge is -2.42. The van der Waals surface area contributed by atoms with Gasteiger partial charge in [0, 0.05) is 19.0 Å². The van der Waals surface area contributed by atoms with Crippen molar-refractivity contribution in [2.24, 2.45) is 5.92 Å². The first-order valence-electron chi connectivity index (χ1n) is 10.3. The summed E-state index contributed by atoms with van der Waals surface area (Å²) in [5, 5.41) is 0. The molecule has 0 spiro atoms. The summed E-state index contributed by atoms with van der Waals surface area (Å²) in [7, 11) is 1.66. The minimum atomic E-state index is -0.281. The van der Waals surface area contributed by atoms with Crippen molar-refractivity contribution < 1.29 is 14.3 Å². The Hall–Kier alpha value is -2.33. The van der Waals surface area contributed by atoms with E-state index in [4.69, 9.17) is 9.47 Å². The van der Waals surface area contributed by atoms with Gasteiger partial charge in [-0.2, -0.15) is 0 Å². The summed E-state index contributed by atoms with van der Waals surface area (Å²) in [4.78, 5) is 15.7. The molecule has 2 aliphatic rings. The Morgan fingerprint density at radius 2 is 1.86 bits per heavy atom. The number of rotatable bonds is 6. The molecule has 2 saturated heterocycles. The monoisotopic (exact) mass is 379 g/mol. The van der Waals surface area contributed by atoms with Crippen LogP contribution in [0.1, 0.15) is 36.3 Å². The highest BCUT2D eigenvalue weighted by Gasteiger charge is 2.36. The first-order chi connectivity index (χ1) is 13.7. The predicted octanol–water partition coefficient (Wildman–Crippen LogP) is 4.05.